The zero-order valence-corrected chi connectivity index (χ0v) is 10.5. The minimum atomic E-state index is -0.0755. The summed E-state index contributed by atoms with van der Waals surface area (Å²) in [6, 6.07) is 0. The fourth-order valence-electron chi connectivity index (χ4n) is 4.18. The van der Waals surface area contributed by atoms with Crippen molar-refractivity contribution < 1.29 is 14.3 Å². The SMILES string of the molecule is CC(C)CC(=O)OC1C2CC3C(=O)CC1C3C2. The summed E-state index contributed by atoms with van der Waals surface area (Å²) < 4.78 is 5.64. The first-order chi connectivity index (χ1) is 8.06. The highest BCUT2D eigenvalue weighted by Crippen LogP contribution is 2.59. The molecule has 0 radical (unpaired) electrons. The van der Waals surface area contributed by atoms with Gasteiger partial charge < -0.3 is 4.74 Å². The quantitative estimate of drug-likeness (QED) is 0.705. The first-order valence-corrected chi connectivity index (χ1v) is 6.78. The van der Waals surface area contributed by atoms with Gasteiger partial charge in [-0.25, -0.2) is 0 Å². The van der Waals surface area contributed by atoms with Crippen LogP contribution in [0.5, 0.6) is 0 Å². The molecule has 3 heteroatoms. The highest BCUT2D eigenvalue weighted by atomic mass is 16.5. The van der Waals surface area contributed by atoms with Gasteiger partial charge in [0.1, 0.15) is 11.9 Å². The lowest BCUT2D eigenvalue weighted by Gasteiger charge is -2.27. The number of hydrogen-bond acceptors (Lipinski definition) is 3. The molecule has 0 aromatic rings. The molecule has 0 N–H and O–H groups in total. The third-order valence-corrected chi connectivity index (χ3v) is 4.78. The second kappa shape index (κ2) is 3.82. The second-order valence-electron chi connectivity index (χ2n) is 6.39. The molecule has 3 fully saturated rings. The molecule has 3 saturated carbocycles. The highest BCUT2D eigenvalue weighted by Gasteiger charge is 2.60. The molecule has 5 unspecified atom stereocenters. The van der Waals surface area contributed by atoms with E-state index in [0.29, 0.717) is 48.2 Å². The van der Waals surface area contributed by atoms with Crippen LogP contribution >= 0.6 is 0 Å². The monoisotopic (exact) mass is 236 g/mol. The van der Waals surface area contributed by atoms with Crippen LogP contribution in [-0.2, 0) is 14.3 Å². The van der Waals surface area contributed by atoms with Crippen molar-refractivity contribution in [1.29, 1.82) is 0 Å². The fraction of sp³-hybridized carbons (Fsp3) is 0.857. The predicted octanol–water partition coefficient (Wildman–Crippen LogP) is 2.19. The summed E-state index contributed by atoms with van der Waals surface area (Å²) in [6.07, 6.45) is 3.29. The predicted molar refractivity (Wildman–Crippen MR) is 62.2 cm³/mol. The highest BCUT2D eigenvalue weighted by molar-refractivity contribution is 5.85. The lowest BCUT2D eigenvalue weighted by molar-refractivity contribution is -0.155. The molecule has 0 aromatic heterocycles. The summed E-state index contributed by atoms with van der Waals surface area (Å²) in [6.45, 7) is 4.05. The van der Waals surface area contributed by atoms with Crippen molar-refractivity contribution in [2.45, 2.75) is 45.6 Å². The minimum Gasteiger partial charge on any atom is -0.462 e. The molecule has 3 aliphatic carbocycles. The lowest BCUT2D eigenvalue weighted by Crippen LogP contribution is -2.31. The molecule has 3 nitrogen and oxygen atoms in total. The molecule has 0 aliphatic heterocycles. The van der Waals surface area contributed by atoms with Crippen molar-refractivity contribution in [2.75, 3.05) is 0 Å². The second-order valence-corrected chi connectivity index (χ2v) is 6.39. The van der Waals surface area contributed by atoms with Gasteiger partial charge in [0.05, 0.1) is 0 Å². The molecule has 17 heavy (non-hydrogen) atoms. The molecule has 94 valence electrons. The zero-order chi connectivity index (χ0) is 12.2. The Kier molecular flexibility index (Phi) is 2.53. The molecule has 0 spiro atoms. The van der Waals surface area contributed by atoms with E-state index in [-0.39, 0.29) is 12.1 Å². The van der Waals surface area contributed by atoms with Crippen molar-refractivity contribution in [3.05, 3.63) is 0 Å². The Balaban J connectivity index is 1.66. The van der Waals surface area contributed by atoms with E-state index < -0.39 is 0 Å². The average Bonchev–Trinajstić information content (AvgIpc) is 2.80. The van der Waals surface area contributed by atoms with E-state index in [2.05, 4.69) is 0 Å². The summed E-state index contributed by atoms with van der Waals surface area (Å²) in [5.41, 5.74) is 0. The maximum absolute atomic E-state index is 11.8. The summed E-state index contributed by atoms with van der Waals surface area (Å²) in [5.74, 6) is 2.35. The van der Waals surface area contributed by atoms with Crippen LogP contribution in [-0.4, -0.2) is 17.9 Å². The number of fused-ring (bicyclic) bond motifs is 1. The van der Waals surface area contributed by atoms with Crippen molar-refractivity contribution in [3.63, 3.8) is 0 Å². The fourth-order valence-corrected chi connectivity index (χ4v) is 4.18. The van der Waals surface area contributed by atoms with Crippen molar-refractivity contribution in [3.8, 4) is 0 Å². The molecule has 3 aliphatic rings. The molecule has 2 bridgehead atoms. The topological polar surface area (TPSA) is 43.4 Å². The zero-order valence-electron chi connectivity index (χ0n) is 10.5. The number of carbonyl (C=O) groups excluding carboxylic acids is 2. The molecule has 0 aromatic carbocycles. The Morgan fingerprint density at radius 1 is 1.35 bits per heavy atom. The average molecular weight is 236 g/mol. The van der Waals surface area contributed by atoms with E-state index in [1.165, 1.54) is 0 Å². The Labute approximate surface area is 102 Å². The van der Waals surface area contributed by atoms with E-state index in [0.717, 1.165) is 12.8 Å². The van der Waals surface area contributed by atoms with E-state index in [9.17, 15) is 9.59 Å². The van der Waals surface area contributed by atoms with Crippen molar-refractivity contribution in [1.82, 2.24) is 0 Å². The van der Waals surface area contributed by atoms with Crippen molar-refractivity contribution in [2.24, 2.45) is 29.6 Å². The number of Topliss-reactive ketones (excluding diaryl/α,β-unsaturated/α-hetero) is 1. The summed E-state index contributed by atoms with van der Waals surface area (Å²) in [5, 5.41) is 0. The number of rotatable bonds is 3. The normalized spacial score (nSPS) is 42.5. The van der Waals surface area contributed by atoms with Crippen LogP contribution in [0.1, 0.15) is 39.5 Å². The minimum absolute atomic E-state index is 0.0500. The van der Waals surface area contributed by atoms with E-state index in [1.54, 1.807) is 0 Å². The van der Waals surface area contributed by atoms with Gasteiger partial charge in [-0.05, 0) is 30.6 Å². The molecule has 0 saturated heterocycles. The van der Waals surface area contributed by atoms with Gasteiger partial charge in [-0.1, -0.05) is 13.8 Å². The van der Waals surface area contributed by atoms with E-state index in [1.807, 2.05) is 13.8 Å². The number of esters is 1. The van der Waals surface area contributed by atoms with Gasteiger partial charge in [0, 0.05) is 24.7 Å². The molecular formula is C14H20O3. The van der Waals surface area contributed by atoms with E-state index in [4.69, 9.17) is 4.74 Å². The molecule has 5 atom stereocenters. The smallest absolute Gasteiger partial charge is 0.306 e. The van der Waals surface area contributed by atoms with Crippen LogP contribution in [0.25, 0.3) is 0 Å². The molecule has 3 rings (SSSR count). The van der Waals surface area contributed by atoms with Crippen molar-refractivity contribution >= 4 is 11.8 Å². The standard InChI is InChI=1S/C14H20O3/c1-7(2)3-13(16)17-14-8-4-9-10(5-8)12(15)6-11(9)14/h7-11,14H,3-6H2,1-2H3. The number of carbonyl (C=O) groups is 2. The number of ether oxygens (including phenoxy) is 1. The Morgan fingerprint density at radius 3 is 2.82 bits per heavy atom. The third kappa shape index (κ3) is 1.71. The van der Waals surface area contributed by atoms with Crippen LogP contribution in [0.3, 0.4) is 0 Å². The van der Waals surface area contributed by atoms with Crippen LogP contribution < -0.4 is 0 Å². The van der Waals surface area contributed by atoms with Crippen LogP contribution in [0.15, 0.2) is 0 Å². The van der Waals surface area contributed by atoms with Gasteiger partial charge in [0.15, 0.2) is 0 Å². The van der Waals surface area contributed by atoms with Gasteiger partial charge in [-0.2, -0.15) is 0 Å². The van der Waals surface area contributed by atoms with Crippen LogP contribution in [0.2, 0.25) is 0 Å². The van der Waals surface area contributed by atoms with E-state index >= 15 is 0 Å². The van der Waals surface area contributed by atoms with Gasteiger partial charge >= 0.3 is 5.97 Å². The molecular weight excluding hydrogens is 216 g/mol. The largest absolute Gasteiger partial charge is 0.462 e. The first kappa shape index (κ1) is 11.2. The van der Waals surface area contributed by atoms with Gasteiger partial charge in [0.25, 0.3) is 0 Å². The van der Waals surface area contributed by atoms with Gasteiger partial charge in [-0.3, -0.25) is 9.59 Å². The Hall–Kier alpha value is -0.860. The Morgan fingerprint density at radius 2 is 2.12 bits per heavy atom. The summed E-state index contributed by atoms with van der Waals surface area (Å²) >= 11 is 0. The third-order valence-electron chi connectivity index (χ3n) is 4.78. The van der Waals surface area contributed by atoms with Crippen LogP contribution in [0, 0.1) is 29.6 Å². The van der Waals surface area contributed by atoms with Crippen LogP contribution in [0.4, 0.5) is 0 Å². The number of hydrogen-bond donors (Lipinski definition) is 0. The summed E-state index contributed by atoms with van der Waals surface area (Å²) in [4.78, 5) is 23.5. The summed E-state index contributed by atoms with van der Waals surface area (Å²) in [7, 11) is 0. The lowest BCUT2D eigenvalue weighted by atomic mass is 9.86. The van der Waals surface area contributed by atoms with Gasteiger partial charge in [-0.15, -0.1) is 0 Å². The number of ketones is 1. The maximum atomic E-state index is 11.8. The van der Waals surface area contributed by atoms with Gasteiger partial charge in [0.2, 0.25) is 0 Å². The Bertz CT molecular complexity index is 360. The first-order valence-electron chi connectivity index (χ1n) is 6.78. The molecule has 0 heterocycles. The maximum Gasteiger partial charge on any atom is 0.306 e. The molecule has 0 amide bonds.